The molecule has 3 aromatic rings. The van der Waals surface area contributed by atoms with E-state index in [9.17, 15) is 4.79 Å². The number of ether oxygens (including phenoxy) is 1. The Morgan fingerprint density at radius 3 is 2.90 bits per heavy atom. The molecule has 0 N–H and O–H groups in total. The van der Waals surface area contributed by atoms with E-state index in [1.165, 1.54) is 7.11 Å². The van der Waals surface area contributed by atoms with Crippen LogP contribution in [0.3, 0.4) is 0 Å². The number of fused-ring (bicyclic) bond motifs is 1. The van der Waals surface area contributed by atoms with Gasteiger partial charge in [-0.2, -0.15) is 0 Å². The Bertz CT molecular complexity index is 798. The Hall–Kier alpha value is -2.21. The molecule has 20 heavy (non-hydrogen) atoms. The van der Waals surface area contributed by atoms with E-state index in [4.69, 9.17) is 4.74 Å². The number of hydrogen-bond acceptors (Lipinski definition) is 4. The Kier molecular flexibility index (Phi) is 3.23. The zero-order chi connectivity index (χ0) is 14.1. The van der Waals surface area contributed by atoms with Gasteiger partial charge >= 0.3 is 5.97 Å². The first-order valence-electron chi connectivity index (χ1n) is 5.88. The largest absolute Gasteiger partial charge is 0.465 e. The highest BCUT2D eigenvalue weighted by atomic mass is 79.9. The van der Waals surface area contributed by atoms with Crippen molar-refractivity contribution in [2.75, 3.05) is 7.11 Å². The second kappa shape index (κ2) is 5.05. The molecule has 6 heteroatoms. The van der Waals surface area contributed by atoms with Gasteiger partial charge in [-0.15, -0.1) is 5.10 Å². The Balaban J connectivity index is 2.18. The van der Waals surface area contributed by atoms with Crippen LogP contribution < -0.4 is 0 Å². The summed E-state index contributed by atoms with van der Waals surface area (Å²) >= 11 is 3.42. The van der Waals surface area contributed by atoms with Gasteiger partial charge in [0.1, 0.15) is 5.56 Å². The molecule has 0 atom stereocenters. The fraction of sp³-hybridized carbons (Fsp3) is 0.0714. The van der Waals surface area contributed by atoms with E-state index < -0.39 is 5.97 Å². The molecule has 0 aliphatic rings. The van der Waals surface area contributed by atoms with Gasteiger partial charge in [0.15, 0.2) is 11.5 Å². The molecule has 0 spiro atoms. The smallest absolute Gasteiger partial charge is 0.341 e. The van der Waals surface area contributed by atoms with Crippen LogP contribution in [0.15, 0.2) is 47.1 Å². The first-order valence-corrected chi connectivity index (χ1v) is 6.68. The number of halogens is 1. The third-order valence-electron chi connectivity index (χ3n) is 2.85. The summed E-state index contributed by atoms with van der Waals surface area (Å²) < 4.78 is 7.27. The molecule has 0 amide bonds. The van der Waals surface area contributed by atoms with Crippen molar-refractivity contribution in [3.63, 3.8) is 0 Å². The molecule has 0 unspecified atom stereocenters. The van der Waals surface area contributed by atoms with E-state index in [1.54, 1.807) is 22.8 Å². The minimum Gasteiger partial charge on any atom is -0.465 e. The molecule has 0 bridgehead atoms. The number of aromatic nitrogens is 3. The van der Waals surface area contributed by atoms with Crippen molar-refractivity contribution in [2.45, 2.75) is 0 Å². The third-order valence-corrected chi connectivity index (χ3v) is 3.34. The molecule has 1 aromatic carbocycles. The Morgan fingerprint density at radius 2 is 2.15 bits per heavy atom. The van der Waals surface area contributed by atoms with Gasteiger partial charge in [-0.1, -0.05) is 28.1 Å². The van der Waals surface area contributed by atoms with Gasteiger partial charge in [0.05, 0.1) is 7.11 Å². The van der Waals surface area contributed by atoms with Gasteiger partial charge < -0.3 is 4.74 Å². The van der Waals surface area contributed by atoms with Crippen molar-refractivity contribution in [1.29, 1.82) is 0 Å². The quantitative estimate of drug-likeness (QED) is 0.677. The van der Waals surface area contributed by atoms with Gasteiger partial charge in [0.2, 0.25) is 0 Å². The number of hydrogen-bond donors (Lipinski definition) is 0. The first-order chi connectivity index (χ1) is 9.69. The van der Waals surface area contributed by atoms with Gasteiger partial charge in [0.25, 0.3) is 0 Å². The van der Waals surface area contributed by atoms with Crippen LogP contribution in [0.4, 0.5) is 0 Å². The lowest BCUT2D eigenvalue weighted by atomic mass is 10.2. The number of nitrogens with zero attached hydrogens (tertiary/aromatic N) is 3. The number of carbonyl (C=O) groups excluding carboxylic acids is 1. The maximum absolute atomic E-state index is 11.7. The van der Waals surface area contributed by atoms with Crippen LogP contribution in [-0.2, 0) is 4.74 Å². The molecular formula is C14H10BrN3O2. The number of esters is 1. The van der Waals surface area contributed by atoms with E-state index in [-0.39, 0.29) is 0 Å². The number of pyridine rings is 1. The Labute approximate surface area is 123 Å². The average molecular weight is 332 g/mol. The summed E-state index contributed by atoms with van der Waals surface area (Å²) in [6.07, 6.45) is 1.75. The van der Waals surface area contributed by atoms with Crippen LogP contribution in [0.2, 0.25) is 0 Å². The number of carbonyl (C=O) groups is 1. The zero-order valence-corrected chi connectivity index (χ0v) is 12.2. The lowest BCUT2D eigenvalue weighted by Crippen LogP contribution is -2.04. The topological polar surface area (TPSA) is 56.5 Å². The van der Waals surface area contributed by atoms with Gasteiger partial charge in [-0.3, -0.25) is 0 Å². The van der Waals surface area contributed by atoms with E-state index in [0.717, 1.165) is 10.0 Å². The maximum atomic E-state index is 11.7. The zero-order valence-electron chi connectivity index (χ0n) is 10.6. The Morgan fingerprint density at radius 1 is 1.30 bits per heavy atom. The third kappa shape index (κ3) is 2.18. The minimum atomic E-state index is -0.427. The number of methoxy groups -OCH3 is 1. The van der Waals surface area contributed by atoms with Crippen LogP contribution in [0.5, 0.6) is 0 Å². The molecule has 0 saturated heterocycles. The molecule has 2 heterocycles. The van der Waals surface area contributed by atoms with Crippen molar-refractivity contribution in [3.8, 4) is 11.4 Å². The predicted octanol–water partition coefficient (Wildman–Crippen LogP) is 2.95. The fourth-order valence-electron chi connectivity index (χ4n) is 1.93. The SMILES string of the molecule is COC(=O)c1cccn2nc(-c3cccc(Br)c3)nc12. The lowest BCUT2D eigenvalue weighted by Gasteiger charge is -1.99. The standard InChI is InChI=1S/C14H10BrN3O2/c1-20-14(19)11-6-3-7-18-13(11)16-12(17-18)9-4-2-5-10(15)8-9/h2-8H,1H3. The van der Waals surface area contributed by atoms with Crippen molar-refractivity contribution in [3.05, 3.63) is 52.6 Å². The van der Waals surface area contributed by atoms with Gasteiger partial charge in [0, 0.05) is 16.2 Å². The van der Waals surface area contributed by atoms with Gasteiger partial charge in [-0.05, 0) is 24.3 Å². The molecule has 0 aliphatic carbocycles. The van der Waals surface area contributed by atoms with Crippen LogP contribution in [-0.4, -0.2) is 27.7 Å². The summed E-state index contributed by atoms with van der Waals surface area (Å²) in [5.74, 6) is 0.131. The highest BCUT2D eigenvalue weighted by Gasteiger charge is 2.15. The minimum absolute atomic E-state index is 0.392. The van der Waals surface area contributed by atoms with Crippen LogP contribution >= 0.6 is 15.9 Å². The summed E-state index contributed by atoms with van der Waals surface area (Å²) in [6.45, 7) is 0. The molecule has 0 aliphatic heterocycles. The summed E-state index contributed by atoms with van der Waals surface area (Å²) in [6, 6.07) is 11.1. The van der Waals surface area contributed by atoms with Crippen LogP contribution in [0.25, 0.3) is 17.0 Å². The van der Waals surface area contributed by atoms with Crippen molar-refractivity contribution in [1.82, 2.24) is 14.6 Å². The van der Waals surface area contributed by atoms with Crippen LogP contribution in [0, 0.1) is 0 Å². The average Bonchev–Trinajstić information content (AvgIpc) is 2.90. The van der Waals surface area contributed by atoms with E-state index in [0.29, 0.717) is 17.0 Å². The number of rotatable bonds is 2. The summed E-state index contributed by atoms with van der Waals surface area (Å²) in [7, 11) is 1.34. The molecule has 3 rings (SSSR count). The van der Waals surface area contributed by atoms with E-state index in [1.807, 2.05) is 24.3 Å². The molecular weight excluding hydrogens is 322 g/mol. The molecule has 2 aromatic heterocycles. The fourth-order valence-corrected chi connectivity index (χ4v) is 2.32. The number of benzene rings is 1. The highest BCUT2D eigenvalue weighted by Crippen LogP contribution is 2.21. The summed E-state index contributed by atoms with van der Waals surface area (Å²) in [4.78, 5) is 16.1. The van der Waals surface area contributed by atoms with Crippen molar-refractivity contribution in [2.24, 2.45) is 0 Å². The molecule has 0 fully saturated rings. The molecule has 0 saturated carbocycles. The second-order valence-corrected chi connectivity index (χ2v) is 5.04. The van der Waals surface area contributed by atoms with E-state index in [2.05, 4.69) is 26.0 Å². The second-order valence-electron chi connectivity index (χ2n) is 4.13. The molecule has 0 radical (unpaired) electrons. The van der Waals surface area contributed by atoms with Crippen molar-refractivity contribution >= 4 is 27.5 Å². The van der Waals surface area contributed by atoms with Crippen LogP contribution in [0.1, 0.15) is 10.4 Å². The molecule has 5 nitrogen and oxygen atoms in total. The predicted molar refractivity (Wildman–Crippen MR) is 77.5 cm³/mol. The first kappa shape index (κ1) is 12.8. The lowest BCUT2D eigenvalue weighted by molar-refractivity contribution is 0.0602. The molecule has 100 valence electrons. The van der Waals surface area contributed by atoms with E-state index >= 15 is 0 Å². The summed E-state index contributed by atoms with van der Waals surface area (Å²) in [5.41, 5.74) is 1.75. The van der Waals surface area contributed by atoms with Gasteiger partial charge in [-0.25, -0.2) is 14.3 Å². The monoisotopic (exact) mass is 331 g/mol. The normalized spacial score (nSPS) is 10.7. The highest BCUT2D eigenvalue weighted by molar-refractivity contribution is 9.10. The summed E-state index contributed by atoms with van der Waals surface area (Å²) in [5, 5.41) is 4.38. The van der Waals surface area contributed by atoms with Crippen molar-refractivity contribution < 1.29 is 9.53 Å². The maximum Gasteiger partial charge on any atom is 0.341 e.